The van der Waals surface area contributed by atoms with Gasteiger partial charge in [0, 0.05) is 0 Å². The van der Waals surface area contributed by atoms with E-state index in [0.717, 1.165) is 0 Å². The maximum Gasteiger partial charge on any atom is 2.00 e. The standard InChI is InChI=1S/C2H7AsO2.Ba/c1-3(2,4)5;/h1-2H3,(H,4,5);/q;+2. The third kappa shape index (κ3) is 39.4. The molecule has 4 heteroatoms. The van der Waals surface area contributed by atoms with Crippen molar-refractivity contribution in [3.05, 3.63) is 0 Å². The summed E-state index contributed by atoms with van der Waals surface area (Å²) in [4.78, 5) is 0. The Hall–Kier alpha value is 1.89. The van der Waals surface area contributed by atoms with Crippen molar-refractivity contribution in [2.75, 3.05) is 0 Å². The van der Waals surface area contributed by atoms with Gasteiger partial charge < -0.3 is 0 Å². The Morgan fingerprint density at radius 1 is 1.50 bits per heavy atom. The van der Waals surface area contributed by atoms with Crippen LogP contribution in [-0.2, 0) is 3.74 Å². The minimum absolute atomic E-state index is 0. The maximum atomic E-state index is 9.83. The van der Waals surface area contributed by atoms with Gasteiger partial charge >= 0.3 is 82.0 Å². The summed E-state index contributed by atoms with van der Waals surface area (Å²) in [5, 5.41) is 0. The molecule has 0 spiro atoms. The fourth-order valence-corrected chi connectivity index (χ4v) is 0. The van der Waals surface area contributed by atoms with Crippen LogP contribution < -0.4 is 0 Å². The van der Waals surface area contributed by atoms with Crippen LogP contribution in [0.2, 0.25) is 11.4 Å². The fraction of sp³-hybridized carbons (Fsp3) is 1.00. The fourth-order valence-electron chi connectivity index (χ4n) is 0. The molecule has 0 saturated heterocycles. The third-order valence-corrected chi connectivity index (χ3v) is 0. The molecule has 0 amide bonds. The predicted molar refractivity (Wildman–Crippen MR) is 26.1 cm³/mol. The molecular formula is C2H7AsBaO2+2. The summed E-state index contributed by atoms with van der Waals surface area (Å²) < 4.78 is 18.0. The Labute approximate surface area is 80.4 Å². The van der Waals surface area contributed by atoms with E-state index in [4.69, 9.17) is 4.10 Å². The van der Waals surface area contributed by atoms with Gasteiger partial charge in [-0.05, 0) is 0 Å². The summed E-state index contributed by atoms with van der Waals surface area (Å²) >= 11 is -3.12. The number of hydrogen-bond acceptors (Lipinski definition) is 1. The zero-order valence-electron chi connectivity index (χ0n) is 4.01. The van der Waals surface area contributed by atoms with E-state index < -0.39 is 13.8 Å². The van der Waals surface area contributed by atoms with Crippen molar-refractivity contribution in [2.24, 2.45) is 0 Å². The summed E-state index contributed by atoms with van der Waals surface area (Å²) in [5.74, 6) is 0. The van der Waals surface area contributed by atoms with Crippen LogP contribution in [0.1, 0.15) is 0 Å². The molecule has 0 heterocycles. The summed E-state index contributed by atoms with van der Waals surface area (Å²) in [7, 11) is 0. The molecule has 0 aromatic rings. The molecule has 2 nitrogen and oxygen atoms in total. The van der Waals surface area contributed by atoms with Gasteiger partial charge in [0.1, 0.15) is 0 Å². The van der Waals surface area contributed by atoms with E-state index >= 15 is 0 Å². The molecule has 0 fully saturated rings. The van der Waals surface area contributed by atoms with Crippen LogP contribution >= 0.6 is 0 Å². The first-order valence-electron chi connectivity index (χ1n) is 1.28. The Morgan fingerprint density at radius 2 is 1.50 bits per heavy atom. The summed E-state index contributed by atoms with van der Waals surface area (Å²) in [6, 6.07) is 0. The van der Waals surface area contributed by atoms with Crippen LogP contribution in [0.15, 0.2) is 0 Å². The minimum atomic E-state index is -3.12. The first-order chi connectivity index (χ1) is 2.00. The van der Waals surface area contributed by atoms with Crippen molar-refractivity contribution in [3.8, 4) is 0 Å². The SMILES string of the molecule is C[As](C)(=O)O.[Ba+2]. The quantitative estimate of drug-likeness (QED) is 0.618. The topological polar surface area (TPSA) is 37.3 Å². The van der Waals surface area contributed by atoms with Crippen LogP contribution in [0.4, 0.5) is 0 Å². The van der Waals surface area contributed by atoms with E-state index in [0.29, 0.717) is 0 Å². The Balaban J connectivity index is 0. The molecule has 32 valence electrons. The van der Waals surface area contributed by atoms with Gasteiger partial charge in [0.05, 0.1) is 0 Å². The zero-order valence-corrected chi connectivity index (χ0v) is 10.3. The summed E-state index contributed by atoms with van der Waals surface area (Å²) in [5.41, 5.74) is 2.72. The second-order valence-corrected chi connectivity index (χ2v) is 6.72. The zero-order chi connectivity index (χ0) is 4.50. The molecule has 1 N–H and O–H groups in total. The van der Waals surface area contributed by atoms with Gasteiger partial charge in [-0.15, -0.1) is 0 Å². The van der Waals surface area contributed by atoms with E-state index in [1.165, 1.54) is 11.4 Å². The largest absolute Gasteiger partial charge is 2.00 e. The molecule has 0 aromatic heterocycles. The second-order valence-electron chi connectivity index (χ2n) is 1.29. The van der Waals surface area contributed by atoms with Gasteiger partial charge in [-0.1, -0.05) is 0 Å². The van der Waals surface area contributed by atoms with Crippen molar-refractivity contribution < 1.29 is 7.84 Å². The first kappa shape index (κ1) is 10.8. The molecule has 0 saturated carbocycles. The average molecular weight is 275 g/mol. The molecule has 6 heavy (non-hydrogen) atoms. The maximum absolute atomic E-state index is 9.83. The van der Waals surface area contributed by atoms with Crippen molar-refractivity contribution in [1.29, 1.82) is 0 Å². The molecule has 0 aromatic carbocycles. The normalized spacial score (nSPS) is 9.83. The molecule has 0 atom stereocenters. The number of rotatable bonds is 0. The van der Waals surface area contributed by atoms with E-state index in [1.54, 1.807) is 0 Å². The van der Waals surface area contributed by atoms with E-state index in [9.17, 15) is 3.74 Å². The molecule has 0 unspecified atom stereocenters. The van der Waals surface area contributed by atoms with Crippen molar-refractivity contribution in [3.63, 3.8) is 0 Å². The van der Waals surface area contributed by atoms with Gasteiger partial charge in [-0.2, -0.15) is 0 Å². The van der Waals surface area contributed by atoms with Crippen LogP contribution in [0.3, 0.4) is 0 Å². The van der Waals surface area contributed by atoms with Gasteiger partial charge in [0.15, 0.2) is 0 Å². The van der Waals surface area contributed by atoms with Crippen LogP contribution in [0.25, 0.3) is 0 Å². The van der Waals surface area contributed by atoms with Crippen molar-refractivity contribution in [2.45, 2.75) is 11.4 Å². The first-order valence-corrected chi connectivity index (χ1v) is 6.64. The third-order valence-electron chi connectivity index (χ3n) is 0. The van der Waals surface area contributed by atoms with Crippen molar-refractivity contribution in [1.82, 2.24) is 0 Å². The summed E-state index contributed by atoms with van der Waals surface area (Å²) in [6.07, 6.45) is 0. The van der Waals surface area contributed by atoms with Gasteiger partial charge in [-0.3, -0.25) is 0 Å². The molecule has 0 bridgehead atoms. The Bertz CT molecular complexity index is 57.7. The van der Waals surface area contributed by atoms with E-state index in [-0.39, 0.29) is 48.9 Å². The van der Waals surface area contributed by atoms with Gasteiger partial charge in [0.2, 0.25) is 0 Å². The molecule has 0 aliphatic rings. The smallest absolute Gasteiger partial charge is 2.00 e. The average Bonchev–Trinajstić information content (AvgIpc) is 0.722. The molecule has 0 aliphatic carbocycles. The molecular weight excluding hydrogens is 268 g/mol. The monoisotopic (exact) mass is 276 g/mol. The van der Waals surface area contributed by atoms with Gasteiger partial charge in [0.25, 0.3) is 0 Å². The van der Waals surface area contributed by atoms with Crippen LogP contribution in [0, 0.1) is 0 Å². The van der Waals surface area contributed by atoms with E-state index in [1.807, 2.05) is 0 Å². The Morgan fingerprint density at radius 3 is 1.50 bits per heavy atom. The molecule has 0 radical (unpaired) electrons. The molecule has 0 aliphatic heterocycles. The number of hydrogen-bond donors (Lipinski definition) is 1. The van der Waals surface area contributed by atoms with Crippen LogP contribution in [0.5, 0.6) is 0 Å². The molecule has 0 rings (SSSR count). The summed E-state index contributed by atoms with van der Waals surface area (Å²) in [6.45, 7) is 0. The Kier molecular flexibility index (Phi) is 6.91. The minimum Gasteiger partial charge on any atom is 2.00 e. The van der Waals surface area contributed by atoms with E-state index in [2.05, 4.69) is 0 Å². The second kappa shape index (κ2) is 3.84. The predicted octanol–water partition coefficient (Wildman–Crippen LogP) is -0.270. The van der Waals surface area contributed by atoms with Crippen LogP contribution in [-0.4, -0.2) is 66.8 Å². The van der Waals surface area contributed by atoms with Gasteiger partial charge in [-0.25, -0.2) is 0 Å². The van der Waals surface area contributed by atoms with Crippen molar-refractivity contribution >= 4 is 62.7 Å².